The maximum atomic E-state index is 12.2. The summed E-state index contributed by atoms with van der Waals surface area (Å²) in [6, 6.07) is 0.659. The molecule has 0 aliphatic rings. The van der Waals surface area contributed by atoms with E-state index in [-0.39, 0.29) is 18.8 Å². The Balaban J connectivity index is 2.90. The molecule has 0 spiro atoms. The zero-order chi connectivity index (χ0) is 12.3. The molecule has 0 saturated heterocycles. The van der Waals surface area contributed by atoms with E-state index >= 15 is 0 Å². The number of halogens is 3. The zero-order valence-corrected chi connectivity index (χ0v) is 8.38. The fourth-order valence-electron chi connectivity index (χ4n) is 1.08. The van der Waals surface area contributed by atoms with Gasteiger partial charge in [0.15, 0.2) is 5.69 Å². The highest BCUT2D eigenvalue weighted by Gasteiger charge is 2.35. The van der Waals surface area contributed by atoms with Crippen LogP contribution in [0.2, 0.25) is 0 Å². The van der Waals surface area contributed by atoms with Crippen LogP contribution in [0.4, 0.5) is 13.2 Å². The van der Waals surface area contributed by atoms with Crippen molar-refractivity contribution < 1.29 is 23.1 Å². The van der Waals surface area contributed by atoms with Crippen LogP contribution in [-0.4, -0.2) is 33.9 Å². The van der Waals surface area contributed by atoms with Crippen LogP contribution in [-0.2, 0) is 13.2 Å². The second-order valence-electron chi connectivity index (χ2n) is 3.02. The summed E-state index contributed by atoms with van der Waals surface area (Å²) in [7, 11) is 1.24. The third kappa shape index (κ3) is 2.72. The lowest BCUT2D eigenvalue weighted by molar-refractivity contribution is -0.141. The van der Waals surface area contributed by atoms with Gasteiger partial charge in [-0.1, -0.05) is 0 Å². The average Bonchev–Trinajstić information content (AvgIpc) is 2.56. The van der Waals surface area contributed by atoms with Gasteiger partial charge in [0.2, 0.25) is 0 Å². The molecule has 1 aromatic rings. The average molecular weight is 237 g/mol. The summed E-state index contributed by atoms with van der Waals surface area (Å²) in [5, 5.41) is 13.9. The largest absolute Gasteiger partial charge is 0.435 e. The predicted molar refractivity (Wildman–Crippen MR) is 47.6 cm³/mol. The molecular formula is C8H10F3N3O2. The molecule has 1 heterocycles. The molecule has 2 N–H and O–H groups in total. The van der Waals surface area contributed by atoms with Gasteiger partial charge in [0.05, 0.1) is 6.61 Å². The van der Waals surface area contributed by atoms with Crippen LogP contribution >= 0.6 is 0 Å². The molecule has 0 unspecified atom stereocenters. The monoisotopic (exact) mass is 237 g/mol. The summed E-state index contributed by atoms with van der Waals surface area (Å²) >= 11 is 0. The van der Waals surface area contributed by atoms with Gasteiger partial charge in [0, 0.05) is 19.7 Å². The van der Waals surface area contributed by atoms with Gasteiger partial charge >= 0.3 is 6.18 Å². The molecule has 0 atom stereocenters. The van der Waals surface area contributed by atoms with Gasteiger partial charge in [-0.2, -0.15) is 18.3 Å². The van der Waals surface area contributed by atoms with Crippen LogP contribution in [0, 0.1) is 0 Å². The van der Waals surface area contributed by atoms with Crippen LogP contribution < -0.4 is 5.32 Å². The van der Waals surface area contributed by atoms with E-state index in [1.165, 1.54) is 7.05 Å². The molecule has 0 aliphatic heterocycles. The Morgan fingerprint density at radius 2 is 2.25 bits per heavy atom. The van der Waals surface area contributed by atoms with Crippen molar-refractivity contribution >= 4 is 5.91 Å². The van der Waals surface area contributed by atoms with Crippen molar-refractivity contribution in [2.75, 3.05) is 13.2 Å². The number of rotatable bonds is 3. The summed E-state index contributed by atoms with van der Waals surface area (Å²) in [6.45, 7) is -0.304. The standard InChI is InChI=1S/C8H10F3N3O2/c1-14-5(7(16)12-2-3-15)4-6(13-14)8(9,10)11/h4,15H,2-3H2,1H3,(H,12,16). The van der Waals surface area contributed by atoms with Crippen molar-refractivity contribution in [1.29, 1.82) is 0 Å². The van der Waals surface area contributed by atoms with E-state index in [1.807, 2.05) is 0 Å². The quantitative estimate of drug-likeness (QED) is 0.787. The third-order valence-corrected chi connectivity index (χ3v) is 1.80. The number of carbonyl (C=O) groups excluding carboxylic acids is 1. The molecule has 0 aliphatic carbocycles. The number of hydrogen-bond acceptors (Lipinski definition) is 3. The van der Waals surface area contributed by atoms with Crippen molar-refractivity contribution in [2.24, 2.45) is 7.05 Å². The van der Waals surface area contributed by atoms with E-state index in [4.69, 9.17) is 5.11 Å². The number of aryl methyl sites for hydroxylation is 1. The van der Waals surface area contributed by atoms with Crippen LogP contribution in [0.3, 0.4) is 0 Å². The number of carbonyl (C=O) groups is 1. The van der Waals surface area contributed by atoms with Crippen molar-refractivity contribution in [1.82, 2.24) is 15.1 Å². The van der Waals surface area contributed by atoms with Gasteiger partial charge in [0.1, 0.15) is 5.69 Å². The molecule has 1 amide bonds. The fourth-order valence-corrected chi connectivity index (χ4v) is 1.08. The lowest BCUT2D eigenvalue weighted by Gasteiger charge is -2.01. The van der Waals surface area contributed by atoms with Gasteiger partial charge in [-0.3, -0.25) is 9.48 Å². The Kier molecular flexibility index (Phi) is 3.53. The lowest BCUT2D eigenvalue weighted by atomic mass is 10.3. The number of aliphatic hydroxyl groups excluding tert-OH is 1. The number of aromatic nitrogens is 2. The number of alkyl halides is 3. The number of aliphatic hydroxyl groups is 1. The molecule has 0 saturated carbocycles. The summed E-state index contributed by atoms with van der Waals surface area (Å²) in [5.74, 6) is -0.709. The maximum Gasteiger partial charge on any atom is 0.435 e. The van der Waals surface area contributed by atoms with E-state index in [0.29, 0.717) is 6.07 Å². The van der Waals surface area contributed by atoms with E-state index in [1.54, 1.807) is 0 Å². The molecule has 0 radical (unpaired) electrons. The smallest absolute Gasteiger partial charge is 0.395 e. The van der Waals surface area contributed by atoms with E-state index < -0.39 is 17.8 Å². The van der Waals surface area contributed by atoms with Gasteiger partial charge in [0.25, 0.3) is 5.91 Å². The van der Waals surface area contributed by atoms with Crippen molar-refractivity contribution in [3.8, 4) is 0 Å². The highest BCUT2D eigenvalue weighted by molar-refractivity contribution is 5.92. The van der Waals surface area contributed by atoms with Crippen LogP contribution in [0.15, 0.2) is 6.07 Å². The highest BCUT2D eigenvalue weighted by atomic mass is 19.4. The highest BCUT2D eigenvalue weighted by Crippen LogP contribution is 2.28. The minimum atomic E-state index is -4.58. The third-order valence-electron chi connectivity index (χ3n) is 1.80. The van der Waals surface area contributed by atoms with Crippen molar-refractivity contribution in [3.63, 3.8) is 0 Å². The maximum absolute atomic E-state index is 12.2. The van der Waals surface area contributed by atoms with Gasteiger partial charge in [-0.15, -0.1) is 0 Å². The van der Waals surface area contributed by atoms with Gasteiger partial charge in [-0.05, 0) is 0 Å². The summed E-state index contributed by atoms with van der Waals surface area (Å²) < 4.78 is 37.6. The summed E-state index contributed by atoms with van der Waals surface area (Å²) in [6.07, 6.45) is -4.58. The van der Waals surface area contributed by atoms with Gasteiger partial charge < -0.3 is 10.4 Å². The minimum Gasteiger partial charge on any atom is -0.395 e. The molecule has 5 nitrogen and oxygen atoms in total. The first kappa shape index (κ1) is 12.5. The molecule has 0 bridgehead atoms. The summed E-state index contributed by atoms with van der Waals surface area (Å²) in [4.78, 5) is 11.3. The van der Waals surface area contributed by atoms with E-state index in [0.717, 1.165) is 4.68 Å². The topological polar surface area (TPSA) is 67.2 Å². The van der Waals surface area contributed by atoms with E-state index in [2.05, 4.69) is 10.4 Å². The Morgan fingerprint density at radius 3 is 2.69 bits per heavy atom. The van der Waals surface area contributed by atoms with Crippen molar-refractivity contribution in [2.45, 2.75) is 6.18 Å². The Hall–Kier alpha value is -1.57. The Labute approximate surface area is 88.9 Å². The molecule has 90 valence electrons. The van der Waals surface area contributed by atoms with Crippen LogP contribution in [0.1, 0.15) is 16.2 Å². The first-order valence-corrected chi connectivity index (χ1v) is 4.36. The SMILES string of the molecule is Cn1nc(C(F)(F)F)cc1C(=O)NCCO. The minimum absolute atomic E-state index is 0.0225. The number of hydrogen-bond donors (Lipinski definition) is 2. The molecule has 16 heavy (non-hydrogen) atoms. The fraction of sp³-hybridized carbons (Fsp3) is 0.500. The van der Waals surface area contributed by atoms with Gasteiger partial charge in [-0.25, -0.2) is 0 Å². The molecule has 1 aromatic heterocycles. The summed E-state index contributed by atoms with van der Waals surface area (Å²) in [5.41, 5.74) is -1.33. The predicted octanol–water partition coefficient (Wildman–Crippen LogP) is 0.161. The number of nitrogens with zero attached hydrogens (tertiary/aromatic N) is 2. The molecule has 1 rings (SSSR count). The van der Waals surface area contributed by atoms with Crippen LogP contribution in [0.25, 0.3) is 0 Å². The number of amides is 1. The van der Waals surface area contributed by atoms with E-state index in [9.17, 15) is 18.0 Å². The van der Waals surface area contributed by atoms with Crippen LogP contribution in [0.5, 0.6) is 0 Å². The second-order valence-corrected chi connectivity index (χ2v) is 3.02. The first-order valence-electron chi connectivity index (χ1n) is 4.36. The molecule has 8 heteroatoms. The normalized spacial score (nSPS) is 11.6. The zero-order valence-electron chi connectivity index (χ0n) is 8.38. The first-order chi connectivity index (χ1) is 7.36. The Morgan fingerprint density at radius 1 is 1.62 bits per heavy atom. The molecular weight excluding hydrogens is 227 g/mol. The Bertz CT molecular complexity index is 386. The number of nitrogens with one attached hydrogen (secondary N) is 1. The van der Waals surface area contributed by atoms with Crippen molar-refractivity contribution in [3.05, 3.63) is 17.5 Å². The molecule has 0 aromatic carbocycles. The molecule has 0 fully saturated rings. The lowest BCUT2D eigenvalue weighted by Crippen LogP contribution is -2.28. The second kappa shape index (κ2) is 4.52.